The summed E-state index contributed by atoms with van der Waals surface area (Å²) >= 11 is 1.29. The smallest absolute Gasteiger partial charge is 0.301 e. The van der Waals surface area contributed by atoms with Gasteiger partial charge in [0.1, 0.15) is 23.0 Å². The molecule has 0 bridgehead atoms. The van der Waals surface area contributed by atoms with Crippen LogP contribution in [0, 0.1) is 0 Å². The number of thiazole rings is 1. The molecule has 9 heteroatoms. The monoisotopic (exact) mass is 558 g/mol. The molecule has 4 aromatic rings. The lowest BCUT2D eigenvalue weighted by molar-refractivity contribution is -0.132. The Morgan fingerprint density at radius 2 is 1.50 bits per heavy atom. The van der Waals surface area contributed by atoms with E-state index in [1.807, 2.05) is 39.0 Å². The molecule has 1 aliphatic heterocycles. The second-order valence-corrected chi connectivity index (χ2v) is 10.1. The molecule has 3 aromatic carbocycles. The van der Waals surface area contributed by atoms with E-state index in [9.17, 15) is 14.7 Å². The van der Waals surface area contributed by atoms with Crippen molar-refractivity contribution in [1.29, 1.82) is 0 Å². The molecule has 1 fully saturated rings. The van der Waals surface area contributed by atoms with Crippen LogP contribution < -0.4 is 19.1 Å². The highest BCUT2D eigenvalue weighted by atomic mass is 32.1. The molecule has 0 aliphatic carbocycles. The van der Waals surface area contributed by atoms with Crippen molar-refractivity contribution < 1.29 is 28.9 Å². The van der Waals surface area contributed by atoms with E-state index < -0.39 is 17.7 Å². The largest absolute Gasteiger partial charge is 0.507 e. The van der Waals surface area contributed by atoms with Crippen molar-refractivity contribution in [1.82, 2.24) is 4.98 Å². The van der Waals surface area contributed by atoms with Gasteiger partial charge in [0.25, 0.3) is 5.78 Å². The number of aliphatic hydroxyl groups is 1. The number of aliphatic hydroxyl groups excluding tert-OH is 1. The molecule has 2 heterocycles. The van der Waals surface area contributed by atoms with Gasteiger partial charge in [-0.05, 0) is 80.4 Å². The summed E-state index contributed by atoms with van der Waals surface area (Å²) in [5.41, 5.74) is 1.72. The predicted molar refractivity (Wildman–Crippen MR) is 155 cm³/mol. The maximum absolute atomic E-state index is 13.6. The molecule has 1 saturated heterocycles. The van der Waals surface area contributed by atoms with E-state index in [2.05, 4.69) is 4.98 Å². The standard InChI is InChI=1S/C31H30N2O6S/c1-4-17-39-22-13-9-20(10-14-22)28(34)26-27(19-7-11-21(12-8-19)37-5-2)33(30(36)29(26)35)31-32-24-16-15-23(38-6-3)18-25(24)40-31/h7-16,18,27,34H,4-6,17H2,1-3H3. The summed E-state index contributed by atoms with van der Waals surface area (Å²) < 4.78 is 17.7. The Balaban J connectivity index is 1.62. The van der Waals surface area contributed by atoms with E-state index in [4.69, 9.17) is 14.2 Å². The Bertz CT molecular complexity index is 1560. The summed E-state index contributed by atoms with van der Waals surface area (Å²) in [6.45, 7) is 7.42. The highest BCUT2D eigenvalue weighted by Crippen LogP contribution is 2.45. The van der Waals surface area contributed by atoms with Crippen LogP contribution in [0.4, 0.5) is 5.13 Å². The SMILES string of the molecule is CCCOc1ccc(C(O)=C2C(=O)C(=O)N(c3nc4ccc(OCC)cc4s3)C2c2ccc(OCC)cc2)cc1. The van der Waals surface area contributed by atoms with Crippen LogP contribution in [0.1, 0.15) is 44.4 Å². The second-order valence-electron chi connectivity index (χ2n) is 9.10. The van der Waals surface area contributed by atoms with Crippen molar-refractivity contribution in [3.8, 4) is 17.2 Å². The van der Waals surface area contributed by atoms with Crippen molar-refractivity contribution >= 4 is 44.1 Å². The number of hydrogen-bond acceptors (Lipinski definition) is 8. The number of rotatable bonds is 10. The van der Waals surface area contributed by atoms with Gasteiger partial charge < -0.3 is 19.3 Å². The lowest BCUT2D eigenvalue weighted by Gasteiger charge is -2.23. The third kappa shape index (κ3) is 5.24. The van der Waals surface area contributed by atoms with Gasteiger partial charge >= 0.3 is 5.91 Å². The molecular formula is C31H30N2O6S. The van der Waals surface area contributed by atoms with Gasteiger partial charge in [0.2, 0.25) is 0 Å². The number of hydrogen-bond donors (Lipinski definition) is 1. The zero-order chi connectivity index (χ0) is 28.2. The molecule has 0 saturated carbocycles. The third-order valence-electron chi connectivity index (χ3n) is 6.42. The minimum Gasteiger partial charge on any atom is -0.507 e. The van der Waals surface area contributed by atoms with Gasteiger partial charge in [0, 0.05) is 5.56 Å². The van der Waals surface area contributed by atoms with Crippen molar-refractivity contribution in [2.45, 2.75) is 33.2 Å². The van der Waals surface area contributed by atoms with Crippen LogP contribution in [0.15, 0.2) is 72.3 Å². The van der Waals surface area contributed by atoms with Crippen LogP contribution in [0.5, 0.6) is 17.2 Å². The van der Waals surface area contributed by atoms with Gasteiger partial charge in [-0.1, -0.05) is 30.4 Å². The quantitative estimate of drug-likeness (QED) is 0.135. The molecule has 5 rings (SSSR count). The van der Waals surface area contributed by atoms with E-state index >= 15 is 0 Å². The number of aromatic nitrogens is 1. The fraction of sp³-hybridized carbons (Fsp3) is 0.258. The zero-order valence-electron chi connectivity index (χ0n) is 22.5. The lowest BCUT2D eigenvalue weighted by Crippen LogP contribution is -2.29. The molecule has 1 aliphatic rings. The Hall–Kier alpha value is -4.37. The Labute approximate surface area is 236 Å². The van der Waals surface area contributed by atoms with E-state index in [1.54, 1.807) is 48.5 Å². The molecule has 40 heavy (non-hydrogen) atoms. The highest BCUT2D eigenvalue weighted by Gasteiger charge is 2.48. The van der Waals surface area contributed by atoms with Crippen LogP contribution >= 0.6 is 11.3 Å². The van der Waals surface area contributed by atoms with Gasteiger partial charge in [0.05, 0.1) is 41.7 Å². The molecule has 8 nitrogen and oxygen atoms in total. The summed E-state index contributed by atoms with van der Waals surface area (Å²) in [5, 5.41) is 11.8. The topological polar surface area (TPSA) is 98.2 Å². The maximum atomic E-state index is 13.6. The fourth-order valence-electron chi connectivity index (χ4n) is 4.59. The van der Waals surface area contributed by atoms with E-state index in [1.165, 1.54) is 16.2 Å². The molecule has 1 atom stereocenters. The number of nitrogens with zero attached hydrogens (tertiary/aromatic N) is 2. The number of fused-ring (bicyclic) bond motifs is 1. The molecule has 1 amide bonds. The normalized spacial score (nSPS) is 16.5. The van der Waals surface area contributed by atoms with Crippen LogP contribution in [-0.4, -0.2) is 41.6 Å². The minimum absolute atomic E-state index is 0.00866. The summed E-state index contributed by atoms with van der Waals surface area (Å²) in [7, 11) is 0. The molecule has 0 radical (unpaired) electrons. The van der Waals surface area contributed by atoms with Crippen LogP contribution in [0.25, 0.3) is 16.0 Å². The average molecular weight is 559 g/mol. The van der Waals surface area contributed by atoms with Crippen molar-refractivity contribution in [2.75, 3.05) is 24.7 Å². The van der Waals surface area contributed by atoms with Crippen molar-refractivity contribution in [2.24, 2.45) is 0 Å². The minimum atomic E-state index is -0.890. The van der Waals surface area contributed by atoms with Crippen molar-refractivity contribution in [3.05, 3.63) is 83.4 Å². The number of amides is 1. The number of ketones is 1. The second kappa shape index (κ2) is 11.8. The number of ether oxygens (including phenoxy) is 3. The Morgan fingerprint density at radius 3 is 2.17 bits per heavy atom. The van der Waals surface area contributed by atoms with Crippen LogP contribution in [-0.2, 0) is 9.59 Å². The van der Waals surface area contributed by atoms with Crippen molar-refractivity contribution in [3.63, 3.8) is 0 Å². The van der Waals surface area contributed by atoms with Gasteiger partial charge in [-0.3, -0.25) is 14.5 Å². The van der Waals surface area contributed by atoms with Crippen LogP contribution in [0.3, 0.4) is 0 Å². The Kier molecular flexibility index (Phi) is 8.02. The summed E-state index contributed by atoms with van der Waals surface area (Å²) in [4.78, 5) is 33.1. The zero-order valence-corrected chi connectivity index (χ0v) is 23.4. The third-order valence-corrected chi connectivity index (χ3v) is 7.44. The molecule has 1 N–H and O–H groups in total. The number of anilines is 1. The molecule has 0 spiro atoms. The van der Waals surface area contributed by atoms with Gasteiger partial charge in [-0.25, -0.2) is 4.98 Å². The van der Waals surface area contributed by atoms with Gasteiger partial charge in [0.15, 0.2) is 5.13 Å². The van der Waals surface area contributed by atoms with E-state index in [0.717, 1.165) is 11.1 Å². The van der Waals surface area contributed by atoms with E-state index in [0.29, 0.717) is 58.8 Å². The summed E-state index contributed by atoms with van der Waals surface area (Å²) in [6.07, 6.45) is 0.867. The first kappa shape index (κ1) is 27.2. The first-order valence-electron chi connectivity index (χ1n) is 13.3. The first-order chi connectivity index (χ1) is 19.4. The fourth-order valence-corrected chi connectivity index (χ4v) is 5.62. The number of carbonyl (C=O) groups excluding carboxylic acids is 2. The number of benzene rings is 3. The van der Waals surface area contributed by atoms with E-state index in [-0.39, 0.29) is 11.3 Å². The number of carbonyl (C=O) groups is 2. The summed E-state index contributed by atoms with van der Waals surface area (Å²) in [5.74, 6) is 0.213. The molecule has 1 unspecified atom stereocenters. The van der Waals surface area contributed by atoms with Gasteiger partial charge in [-0.2, -0.15) is 0 Å². The Morgan fingerprint density at radius 1 is 0.875 bits per heavy atom. The highest BCUT2D eigenvalue weighted by molar-refractivity contribution is 7.22. The number of Topliss-reactive ketones (excluding diaryl/α,β-unsaturated/α-hetero) is 1. The average Bonchev–Trinajstić information content (AvgIpc) is 3.50. The molecular weight excluding hydrogens is 528 g/mol. The summed E-state index contributed by atoms with van der Waals surface area (Å²) in [6, 6.07) is 18.6. The molecule has 1 aromatic heterocycles. The predicted octanol–water partition coefficient (Wildman–Crippen LogP) is 6.51. The first-order valence-corrected chi connectivity index (χ1v) is 14.1. The maximum Gasteiger partial charge on any atom is 0.301 e. The molecule has 206 valence electrons. The van der Waals surface area contributed by atoms with Crippen LogP contribution in [0.2, 0.25) is 0 Å². The lowest BCUT2D eigenvalue weighted by atomic mass is 9.95. The van der Waals surface area contributed by atoms with Gasteiger partial charge in [-0.15, -0.1) is 0 Å².